The lowest BCUT2D eigenvalue weighted by Crippen LogP contribution is -2.25. The van der Waals surface area contributed by atoms with E-state index in [0.29, 0.717) is 0 Å². The Labute approximate surface area is 104 Å². The molecule has 0 aliphatic carbocycles. The van der Waals surface area contributed by atoms with Crippen LogP contribution >= 0.6 is 15.9 Å². The van der Waals surface area contributed by atoms with Gasteiger partial charge in [0.25, 0.3) is 0 Å². The molecule has 0 radical (unpaired) electrons. The first kappa shape index (κ1) is 11.4. The number of rotatable bonds is 4. The molecule has 0 spiro atoms. The molecule has 1 heterocycles. The highest BCUT2D eigenvalue weighted by Gasteiger charge is 2.08. The lowest BCUT2D eigenvalue weighted by molar-refractivity contribution is 0.465. The average Bonchev–Trinajstić information content (AvgIpc) is 2.65. The van der Waals surface area contributed by atoms with Gasteiger partial charge in [0.05, 0.1) is 0 Å². The molecule has 2 rings (SSSR count). The van der Waals surface area contributed by atoms with Gasteiger partial charge in [-0.05, 0) is 40.0 Å². The maximum absolute atomic E-state index is 6.07. The van der Waals surface area contributed by atoms with Crippen molar-refractivity contribution in [1.82, 2.24) is 0 Å². The van der Waals surface area contributed by atoms with Gasteiger partial charge in [0.2, 0.25) is 0 Å². The molecule has 0 aliphatic rings. The summed E-state index contributed by atoms with van der Waals surface area (Å²) in [4.78, 5) is 0. The third-order valence-electron chi connectivity index (χ3n) is 2.43. The molecule has 2 aromatic rings. The van der Waals surface area contributed by atoms with Crippen LogP contribution in [0.3, 0.4) is 0 Å². The maximum atomic E-state index is 6.07. The minimum atomic E-state index is 0.0976. The van der Waals surface area contributed by atoms with Crippen molar-refractivity contribution in [2.75, 3.05) is 0 Å². The lowest BCUT2D eigenvalue weighted by atomic mass is 10.0. The molecule has 0 fully saturated rings. The van der Waals surface area contributed by atoms with Gasteiger partial charge in [-0.2, -0.15) is 0 Å². The molecule has 2 nitrogen and oxygen atoms in total. The molecular formula is C13H14BrNO. The number of furan rings is 1. The van der Waals surface area contributed by atoms with Crippen LogP contribution in [-0.2, 0) is 12.8 Å². The SMILES string of the molecule is NC(Cc1ccccc1)Cc1ccc(Br)o1. The zero-order valence-electron chi connectivity index (χ0n) is 8.90. The van der Waals surface area contributed by atoms with E-state index >= 15 is 0 Å². The van der Waals surface area contributed by atoms with Crippen LogP contribution in [0.5, 0.6) is 0 Å². The molecular weight excluding hydrogens is 266 g/mol. The molecule has 84 valence electrons. The van der Waals surface area contributed by atoms with E-state index < -0.39 is 0 Å². The zero-order valence-corrected chi connectivity index (χ0v) is 10.5. The minimum Gasteiger partial charge on any atom is -0.454 e. The summed E-state index contributed by atoms with van der Waals surface area (Å²) in [6.45, 7) is 0. The summed E-state index contributed by atoms with van der Waals surface area (Å²) in [6.07, 6.45) is 1.64. The van der Waals surface area contributed by atoms with E-state index in [0.717, 1.165) is 23.3 Å². The van der Waals surface area contributed by atoms with Crippen LogP contribution in [0.1, 0.15) is 11.3 Å². The van der Waals surface area contributed by atoms with E-state index in [1.807, 2.05) is 30.3 Å². The van der Waals surface area contributed by atoms with Gasteiger partial charge >= 0.3 is 0 Å². The second-order valence-electron chi connectivity index (χ2n) is 3.86. The maximum Gasteiger partial charge on any atom is 0.169 e. The first-order valence-electron chi connectivity index (χ1n) is 5.28. The fraction of sp³-hybridized carbons (Fsp3) is 0.231. The summed E-state index contributed by atoms with van der Waals surface area (Å²) in [6, 6.07) is 14.2. The Hall–Kier alpha value is -1.06. The number of hydrogen-bond donors (Lipinski definition) is 1. The van der Waals surface area contributed by atoms with Gasteiger partial charge in [-0.3, -0.25) is 0 Å². The summed E-state index contributed by atoms with van der Waals surface area (Å²) in [7, 11) is 0. The fourth-order valence-corrected chi connectivity index (χ4v) is 2.05. The molecule has 0 saturated carbocycles. The Kier molecular flexibility index (Phi) is 3.80. The van der Waals surface area contributed by atoms with Gasteiger partial charge in [0.15, 0.2) is 4.67 Å². The highest BCUT2D eigenvalue weighted by Crippen LogP contribution is 2.16. The van der Waals surface area contributed by atoms with E-state index in [1.54, 1.807) is 0 Å². The molecule has 0 saturated heterocycles. The van der Waals surface area contributed by atoms with Gasteiger partial charge in [-0.15, -0.1) is 0 Å². The lowest BCUT2D eigenvalue weighted by Gasteiger charge is -2.09. The van der Waals surface area contributed by atoms with Gasteiger partial charge in [0.1, 0.15) is 5.76 Å². The molecule has 1 aromatic carbocycles. The van der Waals surface area contributed by atoms with E-state index in [9.17, 15) is 0 Å². The summed E-state index contributed by atoms with van der Waals surface area (Å²) in [5, 5.41) is 0. The highest BCUT2D eigenvalue weighted by molar-refractivity contribution is 9.10. The smallest absolute Gasteiger partial charge is 0.169 e. The van der Waals surface area contributed by atoms with Crippen molar-refractivity contribution in [3.05, 3.63) is 58.5 Å². The van der Waals surface area contributed by atoms with E-state index in [4.69, 9.17) is 10.2 Å². The molecule has 2 N–H and O–H groups in total. The highest BCUT2D eigenvalue weighted by atomic mass is 79.9. The Morgan fingerprint density at radius 1 is 1.06 bits per heavy atom. The molecule has 0 aliphatic heterocycles. The molecule has 1 atom stereocenters. The third-order valence-corrected chi connectivity index (χ3v) is 2.86. The van der Waals surface area contributed by atoms with Crippen LogP contribution in [0, 0.1) is 0 Å². The van der Waals surface area contributed by atoms with Crippen molar-refractivity contribution < 1.29 is 4.42 Å². The summed E-state index contributed by atoms with van der Waals surface area (Å²) >= 11 is 3.28. The number of benzene rings is 1. The van der Waals surface area contributed by atoms with Crippen LogP contribution < -0.4 is 5.73 Å². The van der Waals surface area contributed by atoms with Crippen LogP contribution in [0.4, 0.5) is 0 Å². The fourth-order valence-electron chi connectivity index (χ4n) is 1.71. The molecule has 3 heteroatoms. The molecule has 0 bridgehead atoms. The average molecular weight is 280 g/mol. The predicted octanol–water partition coefficient (Wildman–Crippen LogP) is 3.15. The largest absolute Gasteiger partial charge is 0.454 e. The first-order chi connectivity index (χ1) is 7.74. The van der Waals surface area contributed by atoms with Crippen LogP contribution in [0.15, 0.2) is 51.6 Å². The predicted molar refractivity (Wildman–Crippen MR) is 68.2 cm³/mol. The summed E-state index contributed by atoms with van der Waals surface area (Å²) < 4.78 is 6.19. The Morgan fingerprint density at radius 2 is 1.81 bits per heavy atom. The van der Waals surface area contributed by atoms with E-state index in [2.05, 4.69) is 28.1 Å². The molecule has 0 amide bonds. The van der Waals surface area contributed by atoms with Crippen molar-refractivity contribution in [2.45, 2.75) is 18.9 Å². The van der Waals surface area contributed by atoms with Crippen LogP contribution in [0.25, 0.3) is 0 Å². The Morgan fingerprint density at radius 3 is 2.44 bits per heavy atom. The van der Waals surface area contributed by atoms with Crippen molar-refractivity contribution in [3.8, 4) is 0 Å². The monoisotopic (exact) mass is 279 g/mol. The Balaban J connectivity index is 1.92. The van der Waals surface area contributed by atoms with Gasteiger partial charge in [0, 0.05) is 12.5 Å². The quantitative estimate of drug-likeness (QED) is 0.934. The molecule has 1 aromatic heterocycles. The molecule has 16 heavy (non-hydrogen) atoms. The van der Waals surface area contributed by atoms with Crippen molar-refractivity contribution in [2.24, 2.45) is 5.73 Å². The number of nitrogens with two attached hydrogens (primary N) is 1. The van der Waals surface area contributed by atoms with E-state index in [-0.39, 0.29) is 6.04 Å². The molecule has 1 unspecified atom stereocenters. The van der Waals surface area contributed by atoms with Gasteiger partial charge in [-0.25, -0.2) is 0 Å². The van der Waals surface area contributed by atoms with Crippen LogP contribution in [0.2, 0.25) is 0 Å². The number of halogens is 1. The van der Waals surface area contributed by atoms with Crippen molar-refractivity contribution in [3.63, 3.8) is 0 Å². The van der Waals surface area contributed by atoms with Gasteiger partial charge in [-0.1, -0.05) is 30.3 Å². The number of hydrogen-bond acceptors (Lipinski definition) is 2. The second-order valence-corrected chi connectivity index (χ2v) is 4.64. The van der Waals surface area contributed by atoms with Crippen molar-refractivity contribution >= 4 is 15.9 Å². The van der Waals surface area contributed by atoms with Crippen molar-refractivity contribution in [1.29, 1.82) is 0 Å². The topological polar surface area (TPSA) is 39.2 Å². The van der Waals surface area contributed by atoms with E-state index in [1.165, 1.54) is 5.56 Å². The normalized spacial score (nSPS) is 12.6. The van der Waals surface area contributed by atoms with Gasteiger partial charge < -0.3 is 10.2 Å². The summed E-state index contributed by atoms with van der Waals surface area (Å²) in [5.74, 6) is 0.926. The minimum absolute atomic E-state index is 0.0976. The van der Waals surface area contributed by atoms with Crippen LogP contribution in [-0.4, -0.2) is 6.04 Å². The summed E-state index contributed by atoms with van der Waals surface area (Å²) in [5.41, 5.74) is 7.34. The Bertz CT molecular complexity index is 438. The second kappa shape index (κ2) is 5.32. The third kappa shape index (κ3) is 3.22. The zero-order chi connectivity index (χ0) is 11.4. The standard InChI is InChI=1S/C13H14BrNO/c14-13-7-6-12(16-13)9-11(15)8-10-4-2-1-3-5-10/h1-7,11H,8-9,15H2. The first-order valence-corrected chi connectivity index (χ1v) is 6.07.